The van der Waals surface area contributed by atoms with Gasteiger partial charge in [-0.1, -0.05) is 13.0 Å². The Labute approximate surface area is 162 Å². The second-order valence-corrected chi connectivity index (χ2v) is 8.47. The lowest BCUT2D eigenvalue weighted by atomic mass is 10.3. The smallest absolute Gasteiger partial charge is 0.274 e. The fraction of sp³-hybridized carbons (Fsp3) is 0.412. The second-order valence-electron chi connectivity index (χ2n) is 6.60. The first kappa shape index (κ1) is 20.0. The maximum Gasteiger partial charge on any atom is 0.274 e. The summed E-state index contributed by atoms with van der Waals surface area (Å²) in [5.74, 6) is -0.244. The van der Waals surface area contributed by atoms with E-state index in [1.54, 1.807) is 30.2 Å². The van der Waals surface area contributed by atoms with Crippen molar-refractivity contribution in [2.45, 2.75) is 25.8 Å². The van der Waals surface area contributed by atoms with Crippen LogP contribution in [0.15, 0.2) is 36.5 Å². The highest BCUT2D eigenvalue weighted by Gasteiger charge is 2.30. The number of amides is 1. The number of nitrogens with zero attached hydrogens (tertiary/aromatic N) is 4. The molecule has 1 unspecified atom stereocenters. The van der Waals surface area contributed by atoms with E-state index in [0.29, 0.717) is 25.1 Å². The largest absolute Gasteiger partial charge is 0.336 e. The standard InChI is InChI=1S/C17H21N5O5S/c1-2-10-28(26,27)19-13-6-8-20(12-13)17(23)16-7-9-21(18-16)14-4-3-5-15(11-14)22(24)25/h3-5,7,9,11,13,19H,2,6,8,10,12H2,1H3. The van der Waals surface area contributed by atoms with E-state index in [0.717, 1.165) is 0 Å². The first-order valence-corrected chi connectivity index (χ1v) is 10.5. The van der Waals surface area contributed by atoms with Gasteiger partial charge in [0.2, 0.25) is 10.0 Å². The number of nitro benzene ring substituents is 1. The molecule has 1 aromatic heterocycles. The second kappa shape index (κ2) is 8.07. The number of nitro groups is 1. The molecular weight excluding hydrogens is 386 g/mol. The number of aromatic nitrogens is 2. The zero-order valence-electron chi connectivity index (χ0n) is 15.3. The molecule has 0 radical (unpaired) electrons. The van der Waals surface area contributed by atoms with Crippen LogP contribution in [0.3, 0.4) is 0 Å². The quantitative estimate of drug-likeness (QED) is 0.545. The Kier molecular flexibility index (Phi) is 5.75. The summed E-state index contributed by atoms with van der Waals surface area (Å²) in [5, 5.41) is 15.1. The molecule has 2 heterocycles. The number of sulfonamides is 1. The molecule has 0 spiro atoms. The Morgan fingerprint density at radius 1 is 1.39 bits per heavy atom. The Hall–Kier alpha value is -2.79. The van der Waals surface area contributed by atoms with Gasteiger partial charge in [-0.2, -0.15) is 5.10 Å². The molecule has 1 fully saturated rings. The van der Waals surface area contributed by atoms with Crippen molar-refractivity contribution in [3.05, 3.63) is 52.3 Å². The Bertz CT molecular complexity index is 987. The van der Waals surface area contributed by atoms with Crippen molar-refractivity contribution in [3.8, 4) is 5.69 Å². The van der Waals surface area contributed by atoms with Crippen molar-refractivity contribution < 1.29 is 18.1 Å². The van der Waals surface area contributed by atoms with E-state index in [1.807, 2.05) is 0 Å². The van der Waals surface area contributed by atoms with Crippen LogP contribution in [-0.4, -0.2) is 58.8 Å². The summed E-state index contributed by atoms with van der Waals surface area (Å²) in [7, 11) is -3.33. The maximum atomic E-state index is 12.7. The predicted octanol–water partition coefficient (Wildman–Crippen LogP) is 1.32. The average molecular weight is 407 g/mol. The van der Waals surface area contributed by atoms with Gasteiger partial charge in [-0.15, -0.1) is 0 Å². The van der Waals surface area contributed by atoms with Gasteiger partial charge in [0.05, 0.1) is 16.4 Å². The minimum atomic E-state index is -3.33. The molecule has 0 bridgehead atoms. The summed E-state index contributed by atoms with van der Waals surface area (Å²) in [6.07, 6.45) is 2.63. The fourth-order valence-electron chi connectivity index (χ4n) is 3.12. The Morgan fingerprint density at radius 2 is 2.18 bits per heavy atom. The normalized spacial score (nSPS) is 17.0. The number of non-ortho nitro benzene ring substituents is 1. The molecule has 1 N–H and O–H groups in total. The van der Waals surface area contributed by atoms with Crippen molar-refractivity contribution in [2.24, 2.45) is 0 Å². The number of carbonyl (C=O) groups excluding carboxylic acids is 1. The van der Waals surface area contributed by atoms with Crippen LogP contribution in [0.2, 0.25) is 0 Å². The highest BCUT2D eigenvalue weighted by molar-refractivity contribution is 7.89. The maximum absolute atomic E-state index is 12.7. The molecule has 1 amide bonds. The molecule has 11 heteroatoms. The molecule has 150 valence electrons. The van der Waals surface area contributed by atoms with Gasteiger partial charge in [0.15, 0.2) is 5.69 Å². The van der Waals surface area contributed by atoms with Crippen LogP contribution in [0.1, 0.15) is 30.3 Å². The number of nitrogens with one attached hydrogen (secondary N) is 1. The van der Waals surface area contributed by atoms with E-state index in [4.69, 9.17) is 0 Å². The van der Waals surface area contributed by atoms with Crippen LogP contribution in [-0.2, 0) is 10.0 Å². The molecule has 2 aromatic rings. The van der Waals surface area contributed by atoms with E-state index >= 15 is 0 Å². The van der Waals surface area contributed by atoms with E-state index in [-0.39, 0.29) is 35.6 Å². The van der Waals surface area contributed by atoms with Crippen LogP contribution in [0.4, 0.5) is 5.69 Å². The van der Waals surface area contributed by atoms with Gasteiger partial charge in [-0.25, -0.2) is 17.8 Å². The number of hydrogen-bond acceptors (Lipinski definition) is 6. The highest BCUT2D eigenvalue weighted by Crippen LogP contribution is 2.18. The summed E-state index contributed by atoms with van der Waals surface area (Å²) in [4.78, 5) is 24.6. The van der Waals surface area contributed by atoms with E-state index < -0.39 is 14.9 Å². The lowest BCUT2D eigenvalue weighted by Crippen LogP contribution is -2.39. The van der Waals surface area contributed by atoms with E-state index in [1.165, 1.54) is 22.9 Å². The number of carbonyl (C=O) groups is 1. The van der Waals surface area contributed by atoms with Gasteiger partial charge in [0.1, 0.15) is 0 Å². The van der Waals surface area contributed by atoms with E-state index in [9.17, 15) is 23.3 Å². The minimum Gasteiger partial charge on any atom is -0.336 e. The number of rotatable bonds is 7. The summed E-state index contributed by atoms with van der Waals surface area (Å²) < 4.78 is 27.8. The molecule has 1 aliphatic heterocycles. The van der Waals surface area contributed by atoms with Gasteiger partial charge >= 0.3 is 0 Å². The van der Waals surface area contributed by atoms with Gasteiger partial charge in [-0.05, 0) is 25.0 Å². The van der Waals surface area contributed by atoms with Gasteiger partial charge < -0.3 is 4.90 Å². The number of likely N-dealkylation sites (tertiary alicyclic amines) is 1. The molecule has 1 saturated heterocycles. The first-order valence-electron chi connectivity index (χ1n) is 8.89. The van der Waals surface area contributed by atoms with Crippen molar-refractivity contribution in [3.63, 3.8) is 0 Å². The Balaban J connectivity index is 1.68. The lowest BCUT2D eigenvalue weighted by molar-refractivity contribution is -0.384. The van der Waals surface area contributed by atoms with Crippen molar-refractivity contribution in [1.29, 1.82) is 0 Å². The predicted molar refractivity (Wildman–Crippen MR) is 102 cm³/mol. The van der Waals surface area contributed by atoms with Gasteiger partial charge in [0.25, 0.3) is 11.6 Å². The fourth-order valence-corrected chi connectivity index (χ4v) is 4.47. The van der Waals surface area contributed by atoms with Gasteiger partial charge in [0, 0.05) is 37.5 Å². The molecule has 3 rings (SSSR count). The van der Waals surface area contributed by atoms with Gasteiger partial charge in [-0.3, -0.25) is 14.9 Å². The van der Waals surface area contributed by atoms with Crippen LogP contribution in [0, 0.1) is 10.1 Å². The number of hydrogen-bond donors (Lipinski definition) is 1. The van der Waals surface area contributed by atoms with Crippen LogP contribution in [0.5, 0.6) is 0 Å². The summed E-state index contributed by atoms with van der Waals surface area (Å²) in [5.41, 5.74) is 0.603. The number of benzene rings is 1. The zero-order chi connectivity index (χ0) is 20.3. The summed E-state index contributed by atoms with van der Waals surface area (Å²) in [6, 6.07) is 7.18. The topological polar surface area (TPSA) is 127 Å². The molecule has 1 atom stereocenters. The highest BCUT2D eigenvalue weighted by atomic mass is 32.2. The molecule has 1 aromatic carbocycles. The third-order valence-corrected chi connectivity index (χ3v) is 6.05. The first-order chi connectivity index (χ1) is 13.3. The van der Waals surface area contributed by atoms with E-state index in [2.05, 4.69) is 9.82 Å². The van der Waals surface area contributed by atoms with Crippen molar-refractivity contribution in [1.82, 2.24) is 19.4 Å². The van der Waals surface area contributed by atoms with Crippen molar-refractivity contribution >= 4 is 21.6 Å². The van der Waals surface area contributed by atoms with Crippen LogP contribution < -0.4 is 4.72 Å². The lowest BCUT2D eigenvalue weighted by Gasteiger charge is -2.16. The molecule has 0 saturated carbocycles. The van der Waals surface area contributed by atoms with Crippen LogP contribution in [0.25, 0.3) is 5.69 Å². The van der Waals surface area contributed by atoms with Crippen molar-refractivity contribution in [2.75, 3.05) is 18.8 Å². The Morgan fingerprint density at radius 3 is 2.89 bits per heavy atom. The average Bonchev–Trinajstić information content (AvgIpc) is 3.30. The molecule has 1 aliphatic rings. The zero-order valence-corrected chi connectivity index (χ0v) is 16.1. The molecular formula is C17H21N5O5S. The summed E-state index contributed by atoms with van der Waals surface area (Å²) in [6.45, 7) is 2.51. The van der Waals surface area contributed by atoms with Crippen LogP contribution >= 0.6 is 0 Å². The third-order valence-electron chi connectivity index (χ3n) is 4.41. The molecule has 10 nitrogen and oxygen atoms in total. The summed E-state index contributed by atoms with van der Waals surface area (Å²) >= 11 is 0. The monoisotopic (exact) mass is 407 g/mol. The molecule has 28 heavy (non-hydrogen) atoms. The molecule has 0 aliphatic carbocycles. The SMILES string of the molecule is CCCS(=O)(=O)NC1CCN(C(=O)c2ccn(-c3cccc([N+](=O)[O-])c3)n2)C1. The minimum absolute atomic E-state index is 0.0606. The third kappa shape index (κ3) is 4.54.